The van der Waals surface area contributed by atoms with Crippen LogP contribution in [0.3, 0.4) is 0 Å². The Morgan fingerprint density at radius 1 is 0.404 bits per heavy atom. The molecular formula is C48H62I2N2. The van der Waals surface area contributed by atoms with Gasteiger partial charge in [0.25, 0.3) is 0 Å². The minimum Gasteiger partial charge on any atom is -0.192 e. The summed E-state index contributed by atoms with van der Waals surface area (Å²) in [6.45, 7) is 9.04. The van der Waals surface area contributed by atoms with E-state index in [1.165, 1.54) is 143 Å². The van der Waals surface area contributed by atoms with Crippen LogP contribution in [0.15, 0.2) is 36.4 Å². The van der Waals surface area contributed by atoms with Gasteiger partial charge in [0.05, 0.1) is 23.3 Å². The molecule has 0 atom stereocenters. The summed E-state index contributed by atoms with van der Waals surface area (Å²) in [6.07, 6.45) is 32.7. The minimum atomic E-state index is 0.601. The number of nitriles is 2. The molecule has 4 heteroatoms. The number of unbranched alkanes of at least 4 members (excludes halogenated alkanes) is 12. The van der Waals surface area contributed by atoms with Crippen molar-refractivity contribution in [3.63, 3.8) is 0 Å². The molecule has 0 amide bonds. The first-order chi connectivity index (χ1) is 25.4. The monoisotopic (exact) mass is 920 g/mol. The molecule has 0 N–H and O–H groups in total. The summed E-state index contributed by atoms with van der Waals surface area (Å²) >= 11 is 5.04. The van der Waals surface area contributed by atoms with E-state index in [1.807, 2.05) is 12.1 Å². The van der Waals surface area contributed by atoms with Gasteiger partial charge in [-0.1, -0.05) is 141 Å². The van der Waals surface area contributed by atoms with Crippen molar-refractivity contribution in [1.29, 1.82) is 10.5 Å². The van der Waals surface area contributed by atoms with Gasteiger partial charge in [-0.25, -0.2) is 0 Å². The van der Waals surface area contributed by atoms with Gasteiger partial charge in [0.1, 0.15) is 0 Å². The Morgan fingerprint density at radius 2 is 0.712 bits per heavy atom. The van der Waals surface area contributed by atoms with E-state index in [4.69, 9.17) is 0 Å². The van der Waals surface area contributed by atoms with Crippen LogP contribution in [0.25, 0.3) is 24.3 Å². The summed E-state index contributed by atoms with van der Waals surface area (Å²) in [5, 5.41) is 20.6. The average molecular weight is 921 g/mol. The van der Waals surface area contributed by atoms with Crippen molar-refractivity contribution in [3.05, 3.63) is 99.2 Å². The fourth-order valence-corrected chi connectivity index (χ4v) is 8.52. The summed E-state index contributed by atoms with van der Waals surface area (Å²) in [6, 6.07) is 18.3. The Bertz CT molecular complexity index is 1560. The van der Waals surface area contributed by atoms with E-state index in [-0.39, 0.29) is 0 Å². The van der Waals surface area contributed by atoms with Crippen molar-refractivity contribution < 1.29 is 0 Å². The third kappa shape index (κ3) is 14.8. The van der Waals surface area contributed by atoms with E-state index in [0.717, 1.165) is 36.8 Å². The number of nitrogens with zero attached hydrogens (tertiary/aromatic N) is 2. The van der Waals surface area contributed by atoms with Gasteiger partial charge in [0.2, 0.25) is 0 Å². The molecule has 0 unspecified atom stereocenters. The lowest BCUT2D eigenvalue weighted by atomic mass is 9.93. The molecule has 0 aliphatic rings. The zero-order chi connectivity index (χ0) is 37.6. The van der Waals surface area contributed by atoms with Gasteiger partial charge in [-0.15, -0.1) is 0 Å². The molecule has 278 valence electrons. The lowest BCUT2D eigenvalue weighted by molar-refractivity contribution is 0.662. The van der Waals surface area contributed by atoms with Crippen LogP contribution >= 0.6 is 45.2 Å². The molecule has 0 spiro atoms. The molecule has 3 aromatic rings. The van der Waals surface area contributed by atoms with E-state index < -0.39 is 0 Å². The van der Waals surface area contributed by atoms with E-state index in [0.29, 0.717) is 11.1 Å². The third-order valence-corrected chi connectivity index (χ3v) is 12.2. The first-order valence-electron chi connectivity index (χ1n) is 20.4. The molecule has 0 heterocycles. The van der Waals surface area contributed by atoms with Gasteiger partial charge in [-0.2, -0.15) is 10.5 Å². The third-order valence-electron chi connectivity index (χ3n) is 10.2. The Balaban J connectivity index is 1.97. The molecular weight excluding hydrogens is 858 g/mol. The predicted molar refractivity (Wildman–Crippen MR) is 243 cm³/mol. The van der Waals surface area contributed by atoms with Crippen molar-refractivity contribution in [2.45, 2.75) is 156 Å². The van der Waals surface area contributed by atoms with Gasteiger partial charge in [-0.05, 0) is 165 Å². The van der Waals surface area contributed by atoms with Gasteiger partial charge in [0.15, 0.2) is 0 Å². The molecule has 0 saturated carbocycles. The van der Waals surface area contributed by atoms with E-state index in [1.54, 1.807) is 0 Å². The van der Waals surface area contributed by atoms with Crippen LogP contribution in [-0.2, 0) is 25.7 Å². The number of hydrogen-bond acceptors (Lipinski definition) is 2. The van der Waals surface area contributed by atoms with Gasteiger partial charge in [-0.3, -0.25) is 0 Å². The maximum absolute atomic E-state index is 10.3. The Labute approximate surface area is 344 Å². The molecule has 0 aliphatic heterocycles. The average Bonchev–Trinajstić information content (AvgIpc) is 3.15. The molecule has 0 saturated heterocycles. The second kappa shape index (κ2) is 25.6. The van der Waals surface area contributed by atoms with Crippen LogP contribution in [0, 0.1) is 29.8 Å². The lowest BCUT2D eigenvalue weighted by Gasteiger charge is -2.13. The van der Waals surface area contributed by atoms with Crippen LogP contribution in [0.2, 0.25) is 0 Å². The highest BCUT2D eigenvalue weighted by molar-refractivity contribution is 14.1. The summed E-state index contributed by atoms with van der Waals surface area (Å²) in [5.41, 5.74) is 10.9. The summed E-state index contributed by atoms with van der Waals surface area (Å²) in [7, 11) is 0. The Hall–Kier alpha value is -2.42. The summed E-state index contributed by atoms with van der Waals surface area (Å²) < 4.78 is 2.72. The van der Waals surface area contributed by atoms with Gasteiger partial charge in [0, 0.05) is 7.14 Å². The second-order valence-electron chi connectivity index (χ2n) is 14.4. The van der Waals surface area contributed by atoms with Crippen molar-refractivity contribution in [2.24, 2.45) is 0 Å². The number of halogens is 2. The molecule has 3 rings (SSSR count). The predicted octanol–water partition coefficient (Wildman–Crippen LogP) is 15.5. The van der Waals surface area contributed by atoms with Crippen molar-refractivity contribution in [1.82, 2.24) is 0 Å². The molecule has 0 bridgehead atoms. The van der Waals surface area contributed by atoms with E-state index in [2.05, 4.69) is 134 Å². The highest BCUT2D eigenvalue weighted by Crippen LogP contribution is 2.28. The largest absolute Gasteiger partial charge is 0.192 e. The van der Waals surface area contributed by atoms with Crippen molar-refractivity contribution in [2.75, 3.05) is 0 Å². The first kappa shape index (κ1) is 44.0. The maximum atomic E-state index is 10.3. The summed E-state index contributed by atoms with van der Waals surface area (Å²) in [4.78, 5) is 0. The Morgan fingerprint density at radius 3 is 1.02 bits per heavy atom. The van der Waals surface area contributed by atoms with Crippen LogP contribution in [-0.4, -0.2) is 0 Å². The topological polar surface area (TPSA) is 47.6 Å². The maximum Gasteiger partial charge on any atom is 0.0998 e. The smallest absolute Gasteiger partial charge is 0.0998 e. The van der Waals surface area contributed by atoms with Crippen LogP contribution in [0.1, 0.15) is 186 Å². The quantitative estimate of drug-likeness (QED) is 0.0511. The van der Waals surface area contributed by atoms with Crippen LogP contribution in [0.5, 0.6) is 0 Å². The molecule has 0 aromatic heterocycles. The van der Waals surface area contributed by atoms with Gasteiger partial charge < -0.3 is 0 Å². The number of benzene rings is 3. The highest BCUT2D eigenvalue weighted by atomic mass is 127. The standard InChI is InChI=1S/C48H62I2N2/c1-5-9-13-17-21-37-33-47(49)43(23-19-15-11-7-3)29-39(37)25-27-41-31-46(36-52)42(32-45(41)35-51)28-26-40-30-44(24-20-16-12-8-4)48(50)34-38(40)22-18-14-10-6-2/h25-34H,5-24H2,1-4H3/b27-25+,28-26+. The molecule has 52 heavy (non-hydrogen) atoms. The number of aryl methyl sites for hydroxylation is 4. The molecule has 3 aromatic carbocycles. The minimum absolute atomic E-state index is 0.601. The normalized spacial score (nSPS) is 11.5. The molecule has 0 fully saturated rings. The van der Waals surface area contributed by atoms with E-state index >= 15 is 0 Å². The Kier molecular flexibility index (Phi) is 21.6. The highest BCUT2D eigenvalue weighted by Gasteiger charge is 2.12. The molecule has 0 radical (unpaired) electrons. The number of hydrogen-bond donors (Lipinski definition) is 0. The van der Waals surface area contributed by atoms with Crippen LogP contribution in [0.4, 0.5) is 0 Å². The molecule has 2 nitrogen and oxygen atoms in total. The second-order valence-corrected chi connectivity index (χ2v) is 16.8. The SMILES string of the molecule is CCCCCCc1cc(/C=C/c2cc(C#N)c(/C=C/c3cc(CCCCCC)c(I)cc3CCCCCC)cc2C#N)c(CCCCCC)cc1I. The summed E-state index contributed by atoms with van der Waals surface area (Å²) in [5.74, 6) is 0. The fourth-order valence-electron chi connectivity index (χ4n) is 6.91. The van der Waals surface area contributed by atoms with Crippen molar-refractivity contribution >= 4 is 69.5 Å². The number of rotatable bonds is 24. The zero-order valence-electron chi connectivity index (χ0n) is 32.6. The van der Waals surface area contributed by atoms with Crippen molar-refractivity contribution in [3.8, 4) is 12.1 Å². The lowest BCUT2D eigenvalue weighted by Crippen LogP contribution is -1.98. The fraction of sp³-hybridized carbons (Fsp3) is 0.500. The first-order valence-corrected chi connectivity index (χ1v) is 22.5. The zero-order valence-corrected chi connectivity index (χ0v) is 36.9. The van der Waals surface area contributed by atoms with E-state index in [9.17, 15) is 10.5 Å². The van der Waals surface area contributed by atoms with Crippen LogP contribution < -0.4 is 0 Å². The van der Waals surface area contributed by atoms with Gasteiger partial charge >= 0.3 is 0 Å². The molecule has 0 aliphatic carbocycles.